The molecule has 3 aromatic rings. The van der Waals surface area contributed by atoms with Crippen molar-refractivity contribution in [2.75, 3.05) is 13.6 Å². The number of nitrogens with zero attached hydrogens (tertiary/aromatic N) is 3. The van der Waals surface area contributed by atoms with Crippen molar-refractivity contribution in [2.24, 2.45) is 0 Å². The van der Waals surface area contributed by atoms with Crippen molar-refractivity contribution in [1.82, 2.24) is 25.0 Å². The van der Waals surface area contributed by atoms with Crippen molar-refractivity contribution in [1.29, 1.82) is 0 Å². The summed E-state index contributed by atoms with van der Waals surface area (Å²) in [7, 11) is 2.04. The van der Waals surface area contributed by atoms with Crippen LogP contribution in [0.15, 0.2) is 35.1 Å². The number of aromatic nitrogens is 3. The van der Waals surface area contributed by atoms with Crippen LogP contribution in [0.5, 0.6) is 0 Å². The Morgan fingerprint density at radius 3 is 3.00 bits per heavy atom. The first kappa shape index (κ1) is 17.4. The highest BCUT2D eigenvalue weighted by Crippen LogP contribution is 2.14. The second-order valence-corrected chi connectivity index (χ2v) is 6.87. The summed E-state index contributed by atoms with van der Waals surface area (Å²) in [5, 5.41) is 7.84. The predicted octanol–water partition coefficient (Wildman–Crippen LogP) is 1.63. The van der Waals surface area contributed by atoms with Gasteiger partial charge in [-0.05, 0) is 49.2 Å². The fourth-order valence-electron chi connectivity index (χ4n) is 3.35. The number of aromatic amines is 1. The van der Waals surface area contributed by atoms with E-state index in [1.807, 2.05) is 11.7 Å². The van der Waals surface area contributed by atoms with Gasteiger partial charge in [-0.3, -0.25) is 14.3 Å². The monoisotopic (exact) mass is 369 g/mol. The van der Waals surface area contributed by atoms with Gasteiger partial charge in [-0.25, -0.2) is 4.39 Å². The van der Waals surface area contributed by atoms with Crippen molar-refractivity contribution in [3.05, 3.63) is 63.5 Å². The van der Waals surface area contributed by atoms with Gasteiger partial charge in [-0.2, -0.15) is 5.10 Å². The van der Waals surface area contributed by atoms with Crippen LogP contribution in [0, 0.1) is 5.82 Å². The highest BCUT2D eigenvalue weighted by Gasteiger charge is 2.18. The Kier molecular flexibility index (Phi) is 4.49. The molecule has 3 heterocycles. The zero-order valence-corrected chi connectivity index (χ0v) is 15.0. The minimum atomic E-state index is -0.413. The molecule has 0 bridgehead atoms. The van der Waals surface area contributed by atoms with E-state index in [1.54, 1.807) is 18.2 Å². The van der Waals surface area contributed by atoms with Gasteiger partial charge in [0.25, 0.3) is 11.5 Å². The topological polar surface area (TPSA) is 83.0 Å². The largest absolute Gasteiger partial charge is 0.346 e. The Hall–Kier alpha value is -3.00. The normalized spacial score (nSPS) is 14.7. The summed E-state index contributed by atoms with van der Waals surface area (Å²) < 4.78 is 15.1. The molecule has 27 heavy (non-hydrogen) atoms. The van der Waals surface area contributed by atoms with Crippen molar-refractivity contribution >= 4 is 16.8 Å². The number of hydrogen-bond acceptors (Lipinski definition) is 4. The van der Waals surface area contributed by atoms with E-state index in [0.717, 1.165) is 31.7 Å². The van der Waals surface area contributed by atoms with Crippen LogP contribution in [0.1, 0.15) is 28.2 Å². The molecule has 1 amide bonds. The van der Waals surface area contributed by atoms with Crippen LogP contribution in [-0.4, -0.2) is 39.2 Å². The zero-order valence-electron chi connectivity index (χ0n) is 15.0. The molecule has 140 valence electrons. The Morgan fingerprint density at radius 2 is 2.15 bits per heavy atom. The number of fused-ring (bicyclic) bond motifs is 2. The lowest BCUT2D eigenvalue weighted by Crippen LogP contribution is -2.27. The molecule has 0 aliphatic carbocycles. The lowest BCUT2D eigenvalue weighted by atomic mass is 10.1. The maximum atomic E-state index is 13.3. The number of H-pyrrole nitrogens is 1. The molecule has 4 rings (SSSR count). The maximum Gasteiger partial charge on any atom is 0.272 e. The molecule has 0 unspecified atom stereocenters. The lowest BCUT2D eigenvalue weighted by molar-refractivity contribution is 0.0945. The van der Waals surface area contributed by atoms with Crippen molar-refractivity contribution in [2.45, 2.75) is 26.1 Å². The summed E-state index contributed by atoms with van der Waals surface area (Å²) in [6, 6.07) is 7.65. The molecule has 0 saturated heterocycles. The number of halogens is 1. The molecule has 0 fully saturated rings. The van der Waals surface area contributed by atoms with Crippen LogP contribution in [0.3, 0.4) is 0 Å². The third kappa shape index (κ3) is 3.61. The number of nitrogens with one attached hydrogen (secondary N) is 2. The summed E-state index contributed by atoms with van der Waals surface area (Å²) in [5.41, 5.74) is 1.83. The van der Waals surface area contributed by atoms with Gasteiger partial charge in [-0.15, -0.1) is 0 Å². The van der Waals surface area contributed by atoms with Gasteiger partial charge >= 0.3 is 0 Å². The van der Waals surface area contributed by atoms with E-state index in [4.69, 9.17) is 0 Å². The van der Waals surface area contributed by atoms with Crippen LogP contribution >= 0.6 is 0 Å². The molecule has 1 aliphatic heterocycles. The molecule has 2 N–H and O–H groups in total. The molecule has 2 aromatic heterocycles. The Bertz CT molecular complexity index is 1070. The van der Waals surface area contributed by atoms with E-state index in [2.05, 4.69) is 20.3 Å². The van der Waals surface area contributed by atoms with Crippen LogP contribution in [0.25, 0.3) is 10.9 Å². The zero-order chi connectivity index (χ0) is 19.0. The first-order valence-electron chi connectivity index (χ1n) is 8.84. The number of pyridine rings is 1. The molecule has 0 spiro atoms. The van der Waals surface area contributed by atoms with Crippen LogP contribution < -0.4 is 10.9 Å². The summed E-state index contributed by atoms with van der Waals surface area (Å²) >= 11 is 0. The minimum absolute atomic E-state index is 0.0730. The Balaban J connectivity index is 1.50. The number of hydrogen-bond donors (Lipinski definition) is 2. The number of amides is 1. The fraction of sp³-hybridized carbons (Fsp3) is 0.316. The van der Waals surface area contributed by atoms with Crippen molar-refractivity contribution in [3.8, 4) is 0 Å². The van der Waals surface area contributed by atoms with E-state index in [-0.39, 0.29) is 18.0 Å². The fourth-order valence-corrected chi connectivity index (χ4v) is 3.35. The number of benzene rings is 1. The molecule has 0 saturated carbocycles. The Labute approximate surface area is 154 Å². The standard InChI is InChI=1S/C19H20FN5O2/c1-24-5-2-6-25-15(11-24)9-17(23-25)19(27)21-10-13-7-12-3-4-14(20)8-16(12)22-18(13)26/h3-4,7-9H,2,5-6,10-11H2,1H3,(H,21,27)(H,22,26). The quantitative estimate of drug-likeness (QED) is 0.735. The lowest BCUT2D eigenvalue weighted by Gasteiger charge is -2.10. The van der Waals surface area contributed by atoms with Gasteiger partial charge in [0, 0.05) is 31.7 Å². The number of carbonyl (C=O) groups excluding carboxylic acids is 1. The van der Waals surface area contributed by atoms with Gasteiger partial charge < -0.3 is 15.2 Å². The van der Waals surface area contributed by atoms with Crippen LogP contribution in [0.2, 0.25) is 0 Å². The molecule has 1 aromatic carbocycles. The molecular weight excluding hydrogens is 349 g/mol. The number of aryl methyl sites for hydroxylation is 1. The molecule has 7 nitrogen and oxygen atoms in total. The molecule has 1 aliphatic rings. The maximum absolute atomic E-state index is 13.3. The van der Waals surface area contributed by atoms with E-state index in [0.29, 0.717) is 22.2 Å². The Morgan fingerprint density at radius 1 is 1.30 bits per heavy atom. The first-order valence-corrected chi connectivity index (χ1v) is 8.84. The van der Waals surface area contributed by atoms with Gasteiger partial charge in [0.05, 0.1) is 11.2 Å². The van der Waals surface area contributed by atoms with Gasteiger partial charge in [0.2, 0.25) is 0 Å². The SMILES string of the molecule is CN1CCCn2nc(C(=O)NCc3cc4ccc(F)cc4[nH]c3=O)cc2C1. The van der Waals surface area contributed by atoms with Crippen LogP contribution in [-0.2, 0) is 19.6 Å². The predicted molar refractivity (Wildman–Crippen MR) is 98.9 cm³/mol. The van der Waals surface area contributed by atoms with E-state index in [9.17, 15) is 14.0 Å². The summed E-state index contributed by atoms with van der Waals surface area (Å²) in [5.74, 6) is -0.735. The summed E-state index contributed by atoms with van der Waals surface area (Å²) in [4.78, 5) is 29.5. The second-order valence-electron chi connectivity index (χ2n) is 6.87. The van der Waals surface area contributed by atoms with Crippen molar-refractivity contribution in [3.63, 3.8) is 0 Å². The average molecular weight is 369 g/mol. The average Bonchev–Trinajstić information content (AvgIpc) is 2.94. The number of rotatable bonds is 3. The van der Waals surface area contributed by atoms with E-state index in [1.165, 1.54) is 12.1 Å². The van der Waals surface area contributed by atoms with Crippen molar-refractivity contribution < 1.29 is 9.18 Å². The minimum Gasteiger partial charge on any atom is -0.346 e. The summed E-state index contributed by atoms with van der Waals surface area (Å²) in [6.45, 7) is 2.61. The third-order valence-electron chi connectivity index (χ3n) is 4.76. The molecule has 0 radical (unpaired) electrons. The summed E-state index contributed by atoms with van der Waals surface area (Å²) in [6.07, 6.45) is 0.985. The van der Waals surface area contributed by atoms with Crippen LogP contribution in [0.4, 0.5) is 4.39 Å². The van der Waals surface area contributed by atoms with Gasteiger partial charge in [-0.1, -0.05) is 0 Å². The third-order valence-corrected chi connectivity index (χ3v) is 4.76. The molecular formula is C19H20FN5O2. The second kappa shape index (κ2) is 6.96. The van der Waals surface area contributed by atoms with Gasteiger partial charge in [0.15, 0.2) is 5.69 Å². The molecule has 8 heteroatoms. The van der Waals surface area contributed by atoms with E-state index < -0.39 is 5.82 Å². The smallest absolute Gasteiger partial charge is 0.272 e. The van der Waals surface area contributed by atoms with Gasteiger partial charge in [0.1, 0.15) is 5.82 Å². The highest BCUT2D eigenvalue weighted by atomic mass is 19.1. The number of carbonyl (C=O) groups is 1. The van der Waals surface area contributed by atoms with E-state index >= 15 is 0 Å². The first-order chi connectivity index (χ1) is 13.0. The molecule has 0 atom stereocenters. The highest BCUT2D eigenvalue weighted by molar-refractivity contribution is 5.92.